The van der Waals surface area contributed by atoms with Crippen molar-refractivity contribution in [2.75, 3.05) is 0 Å². The number of thiazole rings is 1. The van der Waals surface area contributed by atoms with Crippen LogP contribution in [0.25, 0.3) is 10.6 Å². The Hall–Kier alpha value is -1.82. The van der Waals surface area contributed by atoms with Gasteiger partial charge in [-0.3, -0.25) is 4.79 Å². The third kappa shape index (κ3) is 4.13. The molecule has 6 heteroatoms. The summed E-state index contributed by atoms with van der Waals surface area (Å²) in [5.41, 5.74) is 1.53. The van der Waals surface area contributed by atoms with Crippen LogP contribution in [-0.2, 0) is 11.2 Å². The van der Waals surface area contributed by atoms with Crippen molar-refractivity contribution in [3.63, 3.8) is 0 Å². The first-order valence-corrected chi connectivity index (χ1v) is 8.83. The number of aromatic nitrogens is 1. The van der Waals surface area contributed by atoms with E-state index in [1.807, 2.05) is 42.5 Å². The van der Waals surface area contributed by atoms with E-state index in [1.54, 1.807) is 23.9 Å². The van der Waals surface area contributed by atoms with Crippen LogP contribution in [0.15, 0.2) is 63.7 Å². The number of carboxylic acid groups (broad SMARTS) is 1. The van der Waals surface area contributed by atoms with Gasteiger partial charge in [0, 0.05) is 15.5 Å². The summed E-state index contributed by atoms with van der Waals surface area (Å²) in [6.07, 6.45) is -0.0841. The molecule has 0 aliphatic carbocycles. The van der Waals surface area contributed by atoms with Crippen molar-refractivity contribution >= 4 is 40.7 Å². The Bertz CT molecular complexity index is 816. The predicted octanol–water partition coefficient (Wildman–Crippen LogP) is 5.24. The van der Waals surface area contributed by atoms with Gasteiger partial charge in [0.2, 0.25) is 0 Å². The van der Waals surface area contributed by atoms with Crippen molar-refractivity contribution in [2.45, 2.75) is 15.5 Å². The van der Waals surface area contributed by atoms with Crippen molar-refractivity contribution < 1.29 is 9.90 Å². The SMILES string of the molecule is O=C(O)Cc1nc(-c2ccc(Cl)cc2)sc1Sc1ccccc1. The van der Waals surface area contributed by atoms with Crippen LogP contribution in [0.4, 0.5) is 0 Å². The third-order valence-electron chi connectivity index (χ3n) is 3.03. The zero-order valence-corrected chi connectivity index (χ0v) is 14.3. The highest BCUT2D eigenvalue weighted by Gasteiger charge is 2.16. The molecule has 0 saturated heterocycles. The molecule has 0 atom stereocenters. The fourth-order valence-corrected chi connectivity index (χ4v) is 4.37. The summed E-state index contributed by atoms with van der Waals surface area (Å²) in [6, 6.07) is 17.3. The van der Waals surface area contributed by atoms with Gasteiger partial charge in [0.25, 0.3) is 0 Å². The normalized spacial score (nSPS) is 10.7. The van der Waals surface area contributed by atoms with Gasteiger partial charge in [0.1, 0.15) is 5.01 Å². The molecular formula is C17H12ClNO2S2. The molecule has 0 bridgehead atoms. The summed E-state index contributed by atoms with van der Waals surface area (Å²) in [4.78, 5) is 16.7. The average Bonchev–Trinajstić information content (AvgIpc) is 2.91. The van der Waals surface area contributed by atoms with Gasteiger partial charge in [0.05, 0.1) is 16.3 Å². The Labute approximate surface area is 147 Å². The smallest absolute Gasteiger partial charge is 0.309 e. The Kier molecular flexibility index (Phi) is 5.00. The quantitative estimate of drug-likeness (QED) is 0.675. The van der Waals surface area contributed by atoms with Crippen LogP contribution >= 0.6 is 34.7 Å². The summed E-state index contributed by atoms with van der Waals surface area (Å²) < 4.78 is 0.906. The van der Waals surface area contributed by atoms with Gasteiger partial charge in [-0.1, -0.05) is 53.7 Å². The zero-order chi connectivity index (χ0) is 16.2. The first kappa shape index (κ1) is 16.1. The number of carboxylic acids is 1. The minimum absolute atomic E-state index is 0.0841. The Morgan fingerprint density at radius 3 is 2.48 bits per heavy atom. The van der Waals surface area contributed by atoms with Gasteiger partial charge in [0.15, 0.2) is 0 Å². The van der Waals surface area contributed by atoms with Gasteiger partial charge >= 0.3 is 5.97 Å². The highest BCUT2D eigenvalue weighted by Crippen LogP contribution is 2.39. The standard InChI is InChI=1S/C17H12ClNO2S2/c18-12-8-6-11(7-9-12)16-19-14(10-15(20)21)17(23-16)22-13-4-2-1-3-5-13/h1-9H,10H2,(H,20,21). The number of halogens is 1. The molecule has 23 heavy (non-hydrogen) atoms. The van der Waals surface area contributed by atoms with E-state index in [4.69, 9.17) is 16.7 Å². The average molecular weight is 362 g/mol. The second-order valence-corrected chi connectivity index (χ2v) is 7.52. The molecule has 0 amide bonds. The summed E-state index contributed by atoms with van der Waals surface area (Å²) >= 11 is 8.96. The highest BCUT2D eigenvalue weighted by molar-refractivity contribution is 8.01. The minimum atomic E-state index is -0.882. The van der Waals surface area contributed by atoms with Crippen LogP contribution in [0.2, 0.25) is 5.02 Å². The van der Waals surface area contributed by atoms with Gasteiger partial charge < -0.3 is 5.11 Å². The number of carbonyl (C=O) groups is 1. The zero-order valence-electron chi connectivity index (χ0n) is 11.9. The van der Waals surface area contributed by atoms with Crippen molar-refractivity contribution in [1.82, 2.24) is 4.98 Å². The lowest BCUT2D eigenvalue weighted by atomic mass is 10.2. The second-order valence-electron chi connectivity index (χ2n) is 4.75. The van der Waals surface area contributed by atoms with Gasteiger partial charge in [-0.05, 0) is 24.3 Å². The molecule has 0 radical (unpaired) electrons. The van der Waals surface area contributed by atoms with E-state index in [9.17, 15) is 4.79 Å². The summed E-state index contributed by atoms with van der Waals surface area (Å²) in [7, 11) is 0. The van der Waals surface area contributed by atoms with Crippen LogP contribution in [0.5, 0.6) is 0 Å². The highest BCUT2D eigenvalue weighted by atomic mass is 35.5. The number of hydrogen-bond donors (Lipinski definition) is 1. The van der Waals surface area contributed by atoms with E-state index < -0.39 is 5.97 Å². The predicted molar refractivity (Wildman–Crippen MR) is 94.5 cm³/mol. The van der Waals surface area contributed by atoms with Crippen molar-refractivity contribution in [2.24, 2.45) is 0 Å². The summed E-state index contributed by atoms with van der Waals surface area (Å²) in [5, 5.41) is 10.6. The van der Waals surface area contributed by atoms with Gasteiger partial charge in [-0.15, -0.1) is 11.3 Å². The topological polar surface area (TPSA) is 50.2 Å². The summed E-state index contributed by atoms with van der Waals surface area (Å²) in [5.74, 6) is -0.882. The molecule has 1 N–H and O–H groups in total. The molecule has 0 aliphatic rings. The molecule has 1 aromatic heterocycles. The fraction of sp³-hybridized carbons (Fsp3) is 0.0588. The van der Waals surface area contributed by atoms with Crippen LogP contribution in [-0.4, -0.2) is 16.1 Å². The van der Waals surface area contributed by atoms with E-state index in [-0.39, 0.29) is 6.42 Å². The maximum Gasteiger partial charge on any atom is 0.309 e. The number of nitrogens with zero attached hydrogens (tertiary/aromatic N) is 1. The van der Waals surface area contributed by atoms with Crippen LogP contribution < -0.4 is 0 Å². The van der Waals surface area contributed by atoms with Crippen molar-refractivity contribution in [1.29, 1.82) is 0 Å². The first-order valence-electron chi connectivity index (χ1n) is 6.82. The maximum absolute atomic E-state index is 11.1. The summed E-state index contributed by atoms with van der Waals surface area (Å²) in [6.45, 7) is 0. The third-order valence-corrected chi connectivity index (χ3v) is 5.65. The lowest BCUT2D eigenvalue weighted by Gasteiger charge is -1.99. The molecule has 2 aromatic carbocycles. The van der Waals surface area contributed by atoms with E-state index in [2.05, 4.69) is 4.98 Å². The van der Waals surface area contributed by atoms with Gasteiger partial charge in [-0.2, -0.15) is 0 Å². The Morgan fingerprint density at radius 2 is 1.83 bits per heavy atom. The first-order chi connectivity index (χ1) is 11.1. The van der Waals surface area contributed by atoms with Crippen LogP contribution in [0.3, 0.4) is 0 Å². The molecule has 3 aromatic rings. The van der Waals surface area contributed by atoms with Crippen LogP contribution in [0, 0.1) is 0 Å². The Morgan fingerprint density at radius 1 is 1.13 bits per heavy atom. The molecule has 0 unspecified atom stereocenters. The fourth-order valence-electron chi connectivity index (χ4n) is 1.98. The number of benzene rings is 2. The van der Waals surface area contributed by atoms with E-state index >= 15 is 0 Å². The van der Waals surface area contributed by atoms with Gasteiger partial charge in [-0.25, -0.2) is 4.98 Å². The molecule has 0 saturated carbocycles. The monoisotopic (exact) mass is 361 g/mol. The van der Waals surface area contributed by atoms with Crippen LogP contribution in [0.1, 0.15) is 5.69 Å². The molecule has 3 rings (SSSR count). The second kappa shape index (κ2) is 7.17. The molecule has 116 valence electrons. The number of rotatable bonds is 5. The largest absolute Gasteiger partial charge is 0.481 e. The molecule has 1 heterocycles. The number of aliphatic carboxylic acids is 1. The lowest BCUT2D eigenvalue weighted by Crippen LogP contribution is -2.01. The number of hydrogen-bond acceptors (Lipinski definition) is 4. The Balaban J connectivity index is 1.96. The lowest BCUT2D eigenvalue weighted by molar-refractivity contribution is -0.136. The molecule has 0 fully saturated rings. The molecule has 3 nitrogen and oxygen atoms in total. The molecular weight excluding hydrogens is 350 g/mol. The van der Waals surface area contributed by atoms with Crippen molar-refractivity contribution in [3.8, 4) is 10.6 Å². The van der Waals surface area contributed by atoms with E-state index in [1.165, 1.54) is 11.3 Å². The minimum Gasteiger partial charge on any atom is -0.481 e. The van der Waals surface area contributed by atoms with Crippen molar-refractivity contribution in [3.05, 3.63) is 65.3 Å². The molecule has 0 spiro atoms. The van der Waals surface area contributed by atoms with E-state index in [0.29, 0.717) is 10.7 Å². The maximum atomic E-state index is 11.1. The van der Waals surface area contributed by atoms with E-state index in [0.717, 1.165) is 19.7 Å². The molecule has 0 aliphatic heterocycles.